The summed E-state index contributed by atoms with van der Waals surface area (Å²) >= 11 is 0. The highest BCUT2D eigenvalue weighted by atomic mass is 16.3. The summed E-state index contributed by atoms with van der Waals surface area (Å²) in [5, 5.41) is 7.26. The van der Waals surface area contributed by atoms with E-state index in [-0.39, 0.29) is 5.91 Å². The van der Waals surface area contributed by atoms with Crippen LogP contribution < -0.4 is 5.32 Å². The minimum absolute atomic E-state index is 0.0676. The first-order chi connectivity index (χ1) is 8.63. The fourth-order valence-electron chi connectivity index (χ4n) is 1.86. The van der Waals surface area contributed by atoms with Gasteiger partial charge >= 0.3 is 0 Å². The summed E-state index contributed by atoms with van der Waals surface area (Å²) in [6.07, 6.45) is 2.15. The predicted molar refractivity (Wildman–Crippen MR) is 66.1 cm³/mol. The Bertz CT molecular complexity index is 593. The van der Waals surface area contributed by atoms with Crippen molar-refractivity contribution in [2.24, 2.45) is 7.05 Å². The van der Waals surface area contributed by atoms with Crippen molar-refractivity contribution in [3.63, 3.8) is 0 Å². The third-order valence-corrected chi connectivity index (χ3v) is 3.02. The zero-order valence-electron chi connectivity index (χ0n) is 10.4. The number of nitrogens with zero attached hydrogens (tertiary/aromatic N) is 2. The topological polar surface area (TPSA) is 60.1 Å². The summed E-state index contributed by atoms with van der Waals surface area (Å²) in [6, 6.07) is 5.85. The maximum Gasteiger partial charge on any atom is 0.269 e. The molecule has 3 rings (SSSR count). The van der Waals surface area contributed by atoms with Crippen LogP contribution in [-0.4, -0.2) is 21.7 Å². The SMILES string of the molecule is Cc1ccc(-c2cc(C(=O)NC3CC3)n(C)n2)o1. The van der Waals surface area contributed by atoms with Gasteiger partial charge in [0.25, 0.3) is 5.91 Å². The van der Waals surface area contributed by atoms with Crippen molar-refractivity contribution in [2.75, 3.05) is 0 Å². The average molecular weight is 245 g/mol. The van der Waals surface area contributed by atoms with E-state index in [0.717, 1.165) is 18.6 Å². The van der Waals surface area contributed by atoms with Crippen molar-refractivity contribution in [1.82, 2.24) is 15.1 Å². The Hall–Kier alpha value is -2.04. The first-order valence-electron chi connectivity index (χ1n) is 6.05. The lowest BCUT2D eigenvalue weighted by atomic mass is 10.3. The van der Waals surface area contributed by atoms with Crippen molar-refractivity contribution in [3.05, 3.63) is 29.7 Å². The standard InChI is InChI=1S/C13H15N3O2/c1-8-3-6-12(18-8)10-7-11(16(2)15-10)13(17)14-9-4-5-9/h3,6-7,9H,4-5H2,1-2H3,(H,14,17). The molecule has 0 atom stereocenters. The Morgan fingerprint density at radius 3 is 2.89 bits per heavy atom. The lowest BCUT2D eigenvalue weighted by Gasteiger charge is -2.01. The monoisotopic (exact) mass is 245 g/mol. The largest absolute Gasteiger partial charge is 0.460 e. The van der Waals surface area contributed by atoms with Crippen LogP contribution in [0.1, 0.15) is 29.1 Å². The fourth-order valence-corrected chi connectivity index (χ4v) is 1.86. The third-order valence-electron chi connectivity index (χ3n) is 3.02. The molecule has 2 aromatic rings. The van der Waals surface area contributed by atoms with Crippen molar-refractivity contribution in [2.45, 2.75) is 25.8 Å². The highest BCUT2D eigenvalue weighted by Crippen LogP contribution is 2.23. The van der Waals surface area contributed by atoms with Crippen LogP contribution in [0.3, 0.4) is 0 Å². The molecule has 1 amide bonds. The average Bonchev–Trinajstić information content (AvgIpc) is 2.87. The molecule has 1 N–H and O–H groups in total. The molecule has 0 radical (unpaired) electrons. The number of carbonyl (C=O) groups excluding carboxylic acids is 1. The molecule has 1 aliphatic carbocycles. The Labute approximate surface area is 105 Å². The molecule has 2 heterocycles. The summed E-state index contributed by atoms with van der Waals surface area (Å²) in [5.74, 6) is 1.45. The van der Waals surface area contributed by atoms with Crippen LogP contribution in [0, 0.1) is 6.92 Å². The lowest BCUT2D eigenvalue weighted by Crippen LogP contribution is -2.27. The Balaban J connectivity index is 1.87. The van der Waals surface area contributed by atoms with E-state index in [2.05, 4.69) is 10.4 Å². The fraction of sp³-hybridized carbons (Fsp3) is 0.385. The number of hydrogen-bond donors (Lipinski definition) is 1. The Kier molecular flexibility index (Phi) is 2.47. The molecule has 0 spiro atoms. The summed E-state index contributed by atoms with van der Waals surface area (Å²) in [4.78, 5) is 12.0. The minimum atomic E-state index is -0.0676. The number of carbonyl (C=O) groups is 1. The molecule has 0 aliphatic heterocycles. The second-order valence-corrected chi connectivity index (χ2v) is 4.70. The number of amides is 1. The van der Waals surface area contributed by atoms with Crippen LogP contribution in [0.15, 0.2) is 22.6 Å². The third kappa shape index (κ3) is 2.03. The summed E-state index contributed by atoms with van der Waals surface area (Å²) in [7, 11) is 1.76. The van der Waals surface area contributed by atoms with Gasteiger partial charge in [-0.3, -0.25) is 9.48 Å². The van der Waals surface area contributed by atoms with Crippen molar-refractivity contribution in [3.8, 4) is 11.5 Å². The van der Waals surface area contributed by atoms with E-state index in [4.69, 9.17) is 4.42 Å². The van der Waals surface area contributed by atoms with Gasteiger partial charge in [0, 0.05) is 19.2 Å². The smallest absolute Gasteiger partial charge is 0.269 e. The maximum atomic E-state index is 12.0. The second-order valence-electron chi connectivity index (χ2n) is 4.70. The van der Waals surface area contributed by atoms with Gasteiger partial charge in [0.1, 0.15) is 17.1 Å². The summed E-state index contributed by atoms with van der Waals surface area (Å²) in [5.41, 5.74) is 1.25. The number of hydrogen-bond acceptors (Lipinski definition) is 3. The van der Waals surface area contributed by atoms with Crippen LogP contribution in [0.5, 0.6) is 0 Å². The summed E-state index contributed by atoms with van der Waals surface area (Å²) in [6.45, 7) is 1.88. The van der Waals surface area contributed by atoms with Gasteiger partial charge in [-0.05, 0) is 31.9 Å². The van der Waals surface area contributed by atoms with Gasteiger partial charge in [0.05, 0.1) is 0 Å². The van der Waals surface area contributed by atoms with E-state index in [1.807, 2.05) is 19.1 Å². The van der Waals surface area contributed by atoms with E-state index >= 15 is 0 Å². The molecule has 5 nitrogen and oxygen atoms in total. The highest BCUT2D eigenvalue weighted by molar-refractivity contribution is 5.93. The quantitative estimate of drug-likeness (QED) is 0.898. The molecule has 2 aromatic heterocycles. The normalized spacial score (nSPS) is 14.8. The maximum absolute atomic E-state index is 12.0. The van der Waals surface area contributed by atoms with Gasteiger partial charge in [0.2, 0.25) is 0 Å². The van der Waals surface area contributed by atoms with Gasteiger partial charge in [-0.2, -0.15) is 5.10 Å². The van der Waals surface area contributed by atoms with E-state index in [9.17, 15) is 4.79 Å². The first-order valence-corrected chi connectivity index (χ1v) is 6.05. The molecule has 0 saturated heterocycles. The zero-order chi connectivity index (χ0) is 12.7. The van der Waals surface area contributed by atoms with Gasteiger partial charge in [0.15, 0.2) is 5.76 Å². The predicted octanol–water partition coefficient (Wildman–Crippen LogP) is 1.88. The molecular weight excluding hydrogens is 230 g/mol. The first kappa shape index (κ1) is 11.1. The van der Waals surface area contributed by atoms with Crippen molar-refractivity contribution in [1.29, 1.82) is 0 Å². The molecule has 1 saturated carbocycles. The zero-order valence-corrected chi connectivity index (χ0v) is 10.4. The minimum Gasteiger partial charge on any atom is -0.460 e. The van der Waals surface area contributed by atoms with E-state index in [0.29, 0.717) is 23.2 Å². The van der Waals surface area contributed by atoms with Crippen LogP contribution in [0.2, 0.25) is 0 Å². The summed E-state index contributed by atoms with van der Waals surface area (Å²) < 4.78 is 7.09. The van der Waals surface area contributed by atoms with Crippen LogP contribution in [0.25, 0.3) is 11.5 Å². The van der Waals surface area contributed by atoms with Gasteiger partial charge in [-0.15, -0.1) is 0 Å². The van der Waals surface area contributed by atoms with E-state index < -0.39 is 0 Å². The van der Waals surface area contributed by atoms with Gasteiger partial charge in [-0.1, -0.05) is 0 Å². The van der Waals surface area contributed by atoms with E-state index in [1.165, 1.54) is 0 Å². The molecule has 0 unspecified atom stereocenters. The molecule has 1 fully saturated rings. The van der Waals surface area contributed by atoms with Crippen LogP contribution in [-0.2, 0) is 7.05 Å². The number of furan rings is 1. The Morgan fingerprint density at radius 2 is 2.28 bits per heavy atom. The molecule has 18 heavy (non-hydrogen) atoms. The second kappa shape index (κ2) is 4.01. The molecule has 0 aromatic carbocycles. The van der Waals surface area contributed by atoms with Crippen molar-refractivity contribution < 1.29 is 9.21 Å². The Morgan fingerprint density at radius 1 is 1.50 bits per heavy atom. The van der Waals surface area contributed by atoms with Crippen LogP contribution in [0.4, 0.5) is 0 Å². The van der Waals surface area contributed by atoms with Crippen LogP contribution >= 0.6 is 0 Å². The molecule has 5 heteroatoms. The van der Waals surface area contributed by atoms with Gasteiger partial charge in [-0.25, -0.2) is 0 Å². The van der Waals surface area contributed by atoms with Gasteiger partial charge < -0.3 is 9.73 Å². The number of aromatic nitrogens is 2. The number of aryl methyl sites for hydroxylation is 2. The molecular formula is C13H15N3O2. The molecule has 1 aliphatic rings. The molecule has 94 valence electrons. The lowest BCUT2D eigenvalue weighted by molar-refractivity contribution is 0.0941. The number of rotatable bonds is 3. The highest BCUT2D eigenvalue weighted by Gasteiger charge is 2.25. The molecule has 0 bridgehead atoms. The van der Waals surface area contributed by atoms with E-state index in [1.54, 1.807) is 17.8 Å². The number of nitrogens with one attached hydrogen (secondary N) is 1. The van der Waals surface area contributed by atoms with Crippen molar-refractivity contribution >= 4 is 5.91 Å².